The maximum Gasteiger partial charge on any atom is 0.322 e. The molecule has 4 aromatic heterocycles. The normalized spacial score (nSPS) is 13.2. The number of para-hydroxylation sites is 2. The summed E-state index contributed by atoms with van der Waals surface area (Å²) < 4.78 is 19.4. The van der Waals surface area contributed by atoms with Gasteiger partial charge in [0.15, 0.2) is 0 Å². The smallest absolute Gasteiger partial charge is 0.322 e. The van der Waals surface area contributed by atoms with Crippen LogP contribution in [0.3, 0.4) is 0 Å². The van der Waals surface area contributed by atoms with Crippen LogP contribution in [0, 0.1) is 22.7 Å². The van der Waals surface area contributed by atoms with E-state index >= 15 is 0 Å². The standard InChI is InChI=1S/C25H22N6O2S.C23H20N4O2S/c1-17(32)30-12-14-31(15-13-30)18-6-8-19(9-7-18)33-25-27-11-10-21(29-25)20(16-26)24-28-22-4-2-3-5-23(22)34-24;1-2-3-14-28-16-8-10-17(11-9-16)29-23-25-13-12-19(27-23)18(15-24)22-26-20-6-4-5-7-21(20)30-22/h2-11,20H,12-15H2,1H3;4-13,18H,2-3,14H2,1H3. The summed E-state index contributed by atoms with van der Waals surface area (Å²) in [5, 5.41) is 21.0. The number of ether oxygens (including phenoxy) is 3. The molecule has 4 aromatic carbocycles. The van der Waals surface area contributed by atoms with Crippen LogP contribution in [0.1, 0.15) is 59.9 Å². The van der Waals surface area contributed by atoms with Gasteiger partial charge in [-0.15, -0.1) is 22.7 Å². The fraction of sp³-hybridized carbons (Fsp3) is 0.229. The molecule has 0 aliphatic carbocycles. The summed E-state index contributed by atoms with van der Waals surface area (Å²) >= 11 is 2.99. The molecule has 5 heterocycles. The number of rotatable bonds is 13. The molecule has 14 nitrogen and oxygen atoms in total. The number of carbonyl (C=O) groups is 1. The van der Waals surface area contributed by atoms with E-state index < -0.39 is 11.8 Å². The van der Waals surface area contributed by atoms with Crippen LogP contribution in [0.15, 0.2) is 122 Å². The van der Waals surface area contributed by atoms with E-state index in [1.165, 1.54) is 22.7 Å². The maximum atomic E-state index is 11.5. The predicted octanol–water partition coefficient (Wildman–Crippen LogP) is 9.92. The number of nitriles is 2. The molecule has 1 fully saturated rings. The highest BCUT2D eigenvalue weighted by Gasteiger charge is 2.23. The topological polar surface area (TPSA) is 176 Å². The zero-order valence-electron chi connectivity index (χ0n) is 35.1. The van der Waals surface area contributed by atoms with E-state index in [1.807, 2.05) is 102 Å². The Morgan fingerprint density at radius 1 is 0.656 bits per heavy atom. The van der Waals surface area contributed by atoms with Gasteiger partial charge in [-0.25, -0.2) is 19.9 Å². The molecule has 1 aliphatic rings. The number of piperazine rings is 1. The number of amides is 1. The quantitative estimate of drug-likeness (QED) is 0.100. The van der Waals surface area contributed by atoms with E-state index in [1.54, 1.807) is 31.5 Å². The first-order chi connectivity index (χ1) is 31.4. The van der Waals surface area contributed by atoms with Crippen LogP contribution in [-0.4, -0.2) is 73.5 Å². The first-order valence-corrected chi connectivity index (χ1v) is 22.4. The van der Waals surface area contributed by atoms with E-state index in [9.17, 15) is 15.3 Å². The monoisotopic (exact) mass is 886 g/mol. The average molecular weight is 887 g/mol. The summed E-state index contributed by atoms with van der Waals surface area (Å²) in [4.78, 5) is 42.2. The first-order valence-electron chi connectivity index (χ1n) is 20.7. The van der Waals surface area contributed by atoms with Gasteiger partial charge < -0.3 is 24.0 Å². The molecule has 0 saturated carbocycles. The van der Waals surface area contributed by atoms with Gasteiger partial charge in [0.2, 0.25) is 5.91 Å². The minimum Gasteiger partial charge on any atom is -0.494 e. The molecule has 8 aromatic rings. The van der Waals surface area contributed by atoms with Crippen molar-refractivity contribution in [2.24, 2.45) is 0 Å². The highest BCUT2D eigenvalue weighted by Crippen LogP contribution is 2.33. The van der Waals surface area contributed by atoms with Crippen LogP contribution in [0.25, 0.3) is 20.4 Å². The third-order valence-corrected chi connectivity index (χ3v) is 12.4. The molecule has 0 radical (unpaired) electrons. The minimum atomic E-state index is -0.598. The fourth-order valence-corrected chi connectivity index (χ4v) is 8.86. The molecular weight excluding hydrogens is 845 g/mol. The molecule has 0 N–H and O–H groups in total. The number of hydrogen-bond donors (Lipinski definition) is 0. The van der Waals surface area contributed by atoms with Crippen LogP contribution in [0.2, 0.25) is 0 Å². The number of carbonyl (C=O) groups excluding carboxylic acids is 1. The second-order valence-corrected chi connectivity index (χ2v) is 16.7. The van der Waals surface area contributed by atoms with Crippen molar-refractivity contribution in [3.8, 4) is 41.4 Å². The van der Waals surface area contributed by atoms with Gasteiger partial charge in [0.05, 0.1) is 50.6 Å². The van der Waals surface area contributed by atoms with Crippen molar-refractivity contribution in [2.45, 2.75) is 38.5 Å². The van der Waals surface area contributed by atoms with Gasteiger partial charge in [-0.05, 0) is 91.3 Å². The fourth-order valence-electron chi connectivity index (χ4n) is 6.80. The molecular formula is C48H42N10O4S2. The Balaban J connectivity index is 0.000000176. The summed E-state index contributed by atoms with van der Waals surface area (Å²) in [7, 11) is 0. The van der Waals surface area contributed by atoms with Gasteiger partial charge >= 0.3 is 12.0 Å². The highest BCUT2D eigenvalue weighted by molar-refractivity contribution is 7.19. The summed E-state index contributed by atoms with van der Waals surface area (Å²) in [5.74, 6) is 0.944. The third-order valence-electron chi connectivity index (χ3n) is 10.2. The van der Waals surface area contributed by atoms with Crippen molar-refractivity contribution in [2.75, 3.05) is 37.7 Å². The van der Waals surface area contributed by atoms with Crippen molar-refractivity contribution < 1.29 is 19.0 Å². The molecule has 1 amide bonds. The Labute approximate surface area is 378 Å². The van der Waals surface area contributed by atoms with Gasteiger partial charge in [0.25, 0.3) is 0 Å². The number of nitrogens with zero attached hydrogens (tertiary/aromatic N) is 10. The zero-order valence-corrected chi connectivity index (χ0v) is 36.7. The number of unbranched alkanes of at least 4 members (excludes halogenated alkanes) is 1. The van der Waals surface area contributed by atoms with Crippen molar-refractivity contribution in [1.82, 2.24) is 34.8 Å². The van der Waals surface area contributed by atoms with E-state index in [2.05, 4.69) is 53.9 Å². The molecule has 0 bridgehead atoms. The Bertz CT molecular complexity index is 2850. The number of aromatic nitrogens is 6. The molecule has 0 spiro atoms. The number of thiazole rings is 2. The summed E-state index contributed by atoms with van der Waals surface area (Å²) in [6, 6.07) is 39.1. The van der Waals surface area contributed by atoms with Crippen molar-refractivity contribution in [3.05, 3.63) is 143 Å². The molecule has 2 atom stereocenters. The molecule has 2 unspecified atom stereocenters. The van der Waals surface area contributed by atoms with E-state index in [-0.39, 0.29) is 17.9 Å². The Morgan fingerprint density at radius 2 is 1.14 bits per heavy atom. The van der Waals surface area contributed by atoms with Crippen molar-refractivity contribution in [1.29, 1.82) is 10.5 Å². The summed E-state index contributed by atoms with van der Waals surface area (Å²) in [6.07, 6.45) is 5.30. The Kier molecular flexibility index (Phi) is 13.9. The van der Waals surface area contributed by atoms with Gasteiger partial charge in [-0.1, -0.05) is 37.6 Å². The molecule has 64 heavy (non-hydrogen) atoms. The Morgan fingerprint density at radius 3 is 1.61 bits per heavy atom. The number of benzene rings is 4. The van der Waals surface area contributed by atoms with Gasteiger partial charge in [0.1, 0.15) is 39.1 Å². The van der Waals surface area contributed by atoms with Gasteiger partial charge in [-0.2, -0.15) is 20.5 Å². The molecule has 16 heteroatoms. The van der Waals surface area contributed by atoms with Crippen LogP contribution in [0.4, 0.5) is 5.69 Å². The number of anilines is 1. The SMILES string of the molecule is CC(=O)N1CCN(c2ccc(Oc3nccc(C(C#N)c4nc5ccccc5s4)n3)cc2)CC1.CCCCOc1ccc(Oc2nccc(C(C#N)c3nc4ccccc4s3)n2)cc1. The van der Waals surface area contributed by atoms with E-state index in [0.717, 1.165) is 70.9 Å². The highest BCUT2D eigenvalue weighted by atomic mass is 32.1. The van der Waals surface area contributed by atoms with Gasteiger partial charge in [0, 0.05) is 51.2 Å². The first kappa shape index (κ1) is 43.1. The summed E-state index contributed by atoms with van der Waals surface area (Å²) in [6.45, 7) is 7.48. The molecule has 9 rings (SSSR count). The van der Waals surface area contributed by atoms with Gasteiger partial charge in [-0.3, -0.25) is 4.79 Å². The maximum absolute atomic E-state index is 11.5. The number of hydrogen-bond acceptors (Lipinski definition) is 15. The van der Waals surface area contributed by atoms with Crippen LogP contribution in [-0.2, 0) is 4.79 Å². The van der Waals surface area contributed by atoms with Crippen molar-refractivity contribution >= 4 is 54.7 Å². The lowest BCUT2D eigenvalue weighted by Crippen LogP contribution is -2.48. The summed E-state index contributed by atoms with van der Waals surface area (Å²) in [5.41, 5.74) is 3.93. The lowest BCUT2D eigenvalue weighted by Gasteiger charge is -2.35. The second kappa shape index (κ2) is 20.6. The van der Waals surface area contributed by atoms with Crippen molar-refractivity contribution in [3.63, 3.8) is 0 Å². The van der Waals surface area contributed by atoms with E-state index in [0.29, 0.717) is 39.5 Å². The lowest BCUT2D eigenvalue weighted by molar-refractivity contribution is -0.129. The molecule has 320 valence electrons. The zero-order chi connectivity index (χ0) is 44.3. The lowest BCUT2D eigenvalue weighted by atomic mass is 10.1. The molecule has 1 saturated heterocycles. The van der Waals surface area contributed by atoms with Crippen LogP contribution >= 0.6 is 22.7 Å². The van der Waals surface area contributed by atoms with Crippen LogP contribution in [0.5, 0.6) is 29.3 Å². The minimum absolute atomic E-state index is 0.118. The Hall–Kier alpha value is -7.53. The third kappa shape index (κ3) is 10.6. The van der Waals surface area contributed by atoms with Crippen LogP contribution < -0.4 is 19.1 Å². The largest absolute Gasteiger partial charge is 0.494 e. The second-order valence-electron chi connectivity index (χ2n) is 14.6. The average Bonchev–Trinajstić information content (AvgIpc) is 3.96. The van der Waals surface area contributed by atoms with E-state index in [4.69, 9.17) is 14.2 Å². The molecule has 1 aliphatic heterocycles. The predicted molar refractivity (Wildman–Crippen MR) is 246 cm³/mol. The number of fused-ring (bicyclic) bond motifs is 2.